The lowest BCUT2D eigenvalue weighted by Crippen LogP contribution is -2.34. The zero-order valence-corrected chi connectivity index (χ0v) is 17.5. The summed E-state index contributed by atoms with van der Waals surface area (Å²) in [5.74, 6) is 2.18. The molecule has 2 atom stereocenters. The SMILES string of the molecule is COc1cccc([C@H]2Oc3ccccc3[C@H]3CC(c4ccc(Cl)cc4)=NN32)c1OC. The molecule has 0 spiro atoms. The molecule has 6 heteroatoms. The molecule has 0 aromatic heterocycles. The number of halogens is 1. The van der Waals surface area contributed by atoms with Gasteiger partial charge >= 0.3 is 0 Å². The molecule has 0 saturated heterocycles. The van der Waals surface area contributed by atoms with Crippen molar-refractivity contribution in [2.24, 2.45) is 5.10 Å². The average Bonchev–Trinajstić information content (AvgIpc) is 3.24. The van der Waals surface area contributed by atoms with Gasteiger partial charge in [-0.15, -0.1) is 0 Å². The van der Waals surface area contributed by atoms with Crippen LogP contribution in [0.2, 0.25) is 5.02 Å². The van der Waals surface area contributed by atoms with Gasteiger partial charge in [-0.25, -0.2) is 5.01 Å². The number of methoxy groups -OCH3 is 2. The summed E-state index contributed by atoms with van der Waals surface area (Å²) < 4.78 is 17.6. The van der Waals surface area contributed by atoms with Crippen molar-refractivity contribution in [1.82, 2.24) is 5.01 Å². The first-order valence-corrected chi connectivity index (χ1v) is 10.2. The Labute approximate surface area is 180 Å². The van der Waals surface area contributed by atoms with Crippen LogP contribution in [0.15, 0.2) is 71.8 Å². The van der Waals surface area contributed by atoms with Gasteiger partial charge in [0.05, 0.1) is 31.5 Å². The zero-order valence-electron chi connectivity index (χ0n) is 16.7. The van der Waals surface area contributed by atoms with Gasteiger partial charge in [0.15, 0.2) is 11.5 Å². The van der Waals surface area contributed by atoms with Gasteiger partial charge in [-0.3, -0.25) is 0 Å². The minimum absolute atomic E-state index is 0.0709. The fourth-order valence-corrected chi connectivity index (χ4v) is 4.29. The van der Waals surface area contributed by atoms with Crippen LogP contribution in [0.4, 0.5) is 0 Å². The van der Waals surface area contributed by atoms with E-state index in [1.54, 1.807) is 14.2 Å². The second kappa shape index (κ2) is 7.58. The normalized spacial score (nSPS) is 19.4. The van der Waals surface area contributed by atoms with Gasteiger partial charge in [-0.05, 0) is 35.9 Å². The third-order valence-corrected chi connectivity index (χ3v) is 5.83. The molecular weight excluding hydrogens is 400 g/mol. The lowest BCUT2D eigenvalue weighted by molar-refractivity contribution is -0.0205. The highest BCUT2D eigenvalue weighted by molar-refractivity contribution is 6.30. The number of hydrazone groups is 1. The van der Waals surface area contributed by atoms with Crippen LogP contribution in [0, 0.1) is 0 Å². The standard InChI is InChI=1S/C24H21ClN2O3/c1-28-22-9-5-7-18(23(22)29-2)24-27-20(17-6-3-4-8-21(17)30-24)14-19(26-27)15-10-12-16(25)13-11-15/h3-13,20,24H,14H2,1-2H3/t20-,24-/m1/s1. The summed E-state index contributed by atoms with van der Waals surface area (Å²) in [6.45, 7) is 0. The van der Waals surface area contributed by atoms with Crippen molar-refractivity contribution in [2.75, 3.05) is 14.2 Å². The number of benzene rings is 3. The summed E-state index contributed by atoms with van der Waals surface area (Å²) in [7, 11) is 3.27. The Bertz CT molecular complexity index is 1110. The summed E-state index contributed by atoms with van der Waals surface area (Å²) in [6.07, 6.45) is 0.352. The molecule has 0 fully saturated rings. The summed E-state index contributed by atoms with van der Waals surface area (Å²) in [5, 5.41) is 7.73. The summed E-state index contributed by atoms with van der Waals surface area (Å²) in [5.41, 5.74) is 4.06. The second-order valence-electron chi connectivity index (χ2n) is 7.24. The van der Waals surface area contributed by atoms with Crippen LogP contribution in [0.5, 0.6) is 17.2 Å². The van der Waals surface area contributed by atoms with Crippen LogP contribution >= 0.6 is 11.6 Å². The van der Waals surface area contributed by atoms with E-state index >= 15 is 0 Å². The fourth-order valence-electron chi connectivity index (χ4n) is 4.16. The average molecular weight is 421 g/mol. The second-order valence-corrected chi connectivity index (χ2v) is 7.68. The lowest BCUT2D eigenvalue weighted by Gasteiger charge is -2.38. The van der Waals surface area contributed by atoms with Gasteiger partial charge in [0.25, 0.3) is 0 Å². The summed E-state index contributed by atoms with van der Waals surface area (Å²) in [4.78, 5) is 0. The van der Waals surface area contributed by atoms with Crippen molar-refractivity contribution in [2.45, 2.75) is 18.7 Å². The molecule has 0 unspecified atom stereocenters. The molecular formula is C24H21ClN2O3. The molecule has 2 heterocycles. The molecule has 0 bridgehead atoms. The maximum absolute atomic E-state index is 6.44. The molecule has 30 heavy (non-hydrogen) atoms. The number of hydrogen-bond acceptors (Lipinski definition) is 5. The van der Waals surface area contributed by atoms with E-state index in [4.69, 9.17) is 30.9 Å². The maximum atomic E-state index is 6.44. The van der Waals surface area contributed by atoms with Gasteiger partial charge in [-0.2, -0.15) is 5.10 Å². The van der Waals surface area contributed by atoms with E-state index in [1.165, 1.54) is 0 Å². The summed E-state index contributed by atoms with van der Waals surface area (Å²) >= 11 is 6.08. The quantitative estimate of drug-likeness (QED) is 0.551. The number of para-hydroxylation sites is 2. The van der Waals surface area contributed by atoms with Crippen molar-refractivity contribution >= 4 is 17.3 Å². The van der Waals surface area contributed by atoms with Gasteiger partial charge in [0, 0.05) is 17.0 Å². The van der Waals surface area contributed by atoms with E-state index in [0.717, 1.165) is 34.6 Å². The van der Waals surface area contributed by atoms with E-state index in [-0.39, 0.29) is 6.04 Å². The first kappa shape index (κ1) is 18.8. The highest BCUT2D eigenvalue weighted by atomic mass is 35.5. The number of rotatable bonds is 4. The van der Waals surface area contributed by atoms with E-state index in [0.29, 0.717) is 16.5 Å². The highest BCUT2D eigenvalue weighted by Crippen LogP contribution is 2.49. The molecule has 5 rings (SSSR count). The van der Waals surface area contributed by atoms with Crippen LogP contribution in [-0.2, 0) is 0 Å². The third kappa shape index (κ3) is 3.06. The van der Waals surface area contributed by atoms with Gasteiger partial charge in [0.1, 0.15) is 5.75 Å². The predicted molar refractivity (Wildman–Crippen MR) is 117 cm³/mol. The van der Waals surface area contributed by atoms with Crippen molar-refractivity contribution < 1.29 is 14.2 Å². The Kier molecular flexibility index (Phi) is 4.75. The van der Waals surface area contributed by atoms with Crippen LogP contribution in [-0.4, -0.2) is 24.9 Å². The molecule has 2 aliphatic rings. The maximum Gasteiger partial charge on any atom is 0.217 e. The van der Waals surface area contributed by atoms with E-state index in [1.807, 2.05) is 65.7 Å². The highest BCUT2D eigenvalue weighted by Gasteiger charge is 2.42. The minimum Gasteiger partial charge on any atom is -0.493 e. The summed E-state index contributed by atoms with van der Waals surface area (Å²) in [6, 6.07) is 21.8. The fraction of sp³-hybridized carbons (Fsp3) is 0.208. The smallest absolute Gasteiger partial charge is 0.217 e. The Morgan fingerprint density at radius 1 is 0.933 bits per heavy atom. The number of ether oxygens (including phenoxy) is 3. The molecule has 152 valence electrons. The Balaban J connectivity index is 1.62. The van der Waals surface area contributed by atoms with Crippen molar-refractivity contribution in [3.63, 3.8) is 0 Å². The Morgan fingerprint density at radius 3 is 2.47 bits per heavy atom. The van der Waals surface area contributed by atoms with Crippen molar-refractivity contribution in [3.05, 3.63) is 88.4 Å². The van der Waals surface area contributed by atoms with Crippen LogP contribution < -0.4 is 14.2 Å². The van der Waals surface area contributed by atoms with Crippen LogP contribution in [0.25, 0.3) is 0 Å². The molecule has 3 aromatic carbocycles. The largest absolute Gasteiger partial charge is 0.493 e. The Hall–Kier alpha value is -3.18. The molecule has 0 N–H and O–H groups in total. The molecule has 0 amide bonds. The predicted octanol–water partition coefficient (Wildman–Crippen LogP) is 5.60. The van der Waals surface area contributed by atoms with E-state index in [2.05, 4.69) is 6.07 Å². The Morgan fingerprint density at radius 2 is 1.70 bits per heavy atom. The van der Waals surface area contributed by atoms with Gasteiger partial charge < -0.3 is 14.2 Å². The zero-order chi connectivity index (χ0) is 20.7. The number of nitrogens with zero attached hydrogens (tertiary/aromatic N) is 2. The first-order chi connectivity index (χ1) is 14.7. The number of hydrogen-bond donors (Lipinski definition) is 0. The molecule has 2 aliphatic heterocycles. The molecule has 3 aromatic rings. The lowest BCUT2D eigenvalue weighted by atomic mass is 9.96. The van der Waals surface area contributed by atoms with Gasteiger partial charge in [0.2, 0.25) is 6.23 Å². The molecule has 0 aliphatic carbocycles. The minimum atomic E-state index is -0.431. The molecule has 5 nitrogen and oxygen atoms in total. The monoisotopic (exact) mass is 420 g/mol. The van der Waals surface area contributed by atoms with Crippen LogP contribution in [0.1, 0.15) is 35.4 Å². The number of fused-ring (bicyclic) bond motifs is 3. The molecule has 0 radical (unpaired) electrons. The van der Waals surface area contributed by atoms with E-state index < -0.39 is 6.23 Å². The van der Waals surface area contributed by atoms with Gasteiger partial charge in [-0.1, -0.05) is 48.0 Å². The van der Waals surface area contributed by atoms with Crippen molar-refractivity contribution in [3.8, 4) is 17.2 Å². The first-order valence-electron chi connectivity index (χ1n) is 9.78. The molecule has 0 saturated carbocycles. The van der Waals surface area contributed by atoms with E-state index in [9.17, 15) is 0 Å². The van der Waals surface area contributed by atoms with Crippen LogP contribution in [0.3, 0.4) is 0 Å². The topological polar surface area (TPSA) is 43.3 Å². The van der Waals surface area contributed by atoms with Crippen molar-refractivity contribution in [1.29, 1.82) is 0 Å². The third-order valence-electron chi connectivity index (χ3n) is 5.58.